The van der Waals surface area contributed by atoms with Crippen LogP contribution >= 0.6 is 11.3 Å². The van der Waals surface area contributed by atoms with Crippen LogP contribution in [0.1, 0.15) is 15.9 Å². The molecule has 0 atom stereocenters. The average molecular weight is 206 g/mol. The second-order valence-electron chi connectivity index (χ2n) is 3.13. The molecule has 0 saturated heterocycles. The third-order valence-corrected chi connectivity index (χ3v) is 3.37. The number of aldehydes is 1. The van der Waals surface area contributed by atoms with E-state index in [1.54, 1.807) is 18.4 Å². The van der Waals surface area contributed by atoms with E-state index in [0.717, 1.165) is 33.2 Å². The maximum atomic E-state index is 10.8. The molecule has 0 amide bonds. The SMILES string of the molecule is COc1cc(C)c2scc(C=O)c2c1. The van der Waals surface area contributed by atoms with Gasteiger partial charge < -0.3 is 4.74 Å². The number of hydrogen-bond donors (Lipinski definition) is 0. The zero-order chi connectivity index (χ0) is 10.1. The molecular weight excluding hydrogens is 196 g/mol. The summed E-state index contributed by atoms with van der Waals surface area (Å²) in [7, 11) is 1.63. The molecule has 14 heavy (non-hydrogen) atoms. The van der Waals surface area contributed by atoms with E-state index in [-0.39, 0.29) is 0 Å². The highest BCUT2D eigenvalue weighted by atomic mass is 32.1. The van der Waals surface area contributed by atoms with Crippen LogP contribution in [0.3, 0.4) is 0 Å². The van der Waals surface area contributed by atoms with Crippen molar-refractivity contribution in [1.82, 2.24) is 0 Å². The van der Waals surface area contributed by atoms with Crippen LogP contribution in [0.2, 0.25) is 0 Å². The lowest BCUT2D eigenvalue weighted by Gasteiger charge is -2.02. The minimum Gasteiger partial charge on any atom is -0.497 e. The molecule has 72 valence electrons. The summed E-state index contributed by atoms with van der Waals surface area (Å²) in [5.74, 6) is 0.802. The monoisotopic (exact) mass is 206 g/mol. The summed E-state index contributed by atoms with van der Waals surface area (Å²) in [6.07, 6.45) is 0.887. The molecule has 0 aliphatic carbocycles. The molecule has 0 aliphatic heterocycles. The third-order valence-electron chi connectivity index (χ3n) is 2.23. The normalized spacial score (nSPS) is 10.4. The van der Waals surface area contributed by atoms with Gasteiger partial charge in [-0.05, 0) is 24.6 Å². The van der Waals surface area contributed by atoms with Crippen molar-refractivity contribution < 1.29 is 9.53 Å². The number of carbonyl (C=O) groups excluding carboxylic acids is 1. The fourth-order valence-electron chi connectivity index (χ4n) is 1.51. The number of aryl methyl sites for hydroxylation is 1. The summed E-state index contributed by atoms with van der Waals surface area (Å²) in [5, 5.41) is 2.87. The highest BCUT2D eigenvalue weighted by Gasteiger charge is 2.07. The van der Waals surface area contributed by atoms with Gasteiger partial charge in [0.2, 0.25) is 0 Å². The van der Waals surface area contributed by atoms with E-state index in [1.807, 2.05) is 24.4 Å². The van der Waals surface area contributed by atoms with Crippen LogP contribution in [0.5, 0.6) is 5.75 Å². The van der Waals surface area contributed by atoms with Gasteiger partial charge in [-0.15, -0.1) is 11.3 Å². The molecule has 1 aromatic heterocycles. The van der Waals surface area contributed by atoms with Crippen LogP contribution in [0.4, 0.5) is 0 Å². The molecule has 0 radical (unpaired) electrons. The first-order valence-corrected chi connectivity index (χ1v) is 5.15. The predicted molar refractivity (Wildman–Crippen MR) is 58.5 cm³/mol. The second kappa shape index (κ2) is 3.42. The zero-order valence-corrected chi connectivity index (χ0v) is 8.85. The van der Waals surface area contributed by atoms with Crippen molar-refractivity contribution in [2.75, 3.05) is 7.11 Å². The molecule has 0 unspecified atom stereocenters. The first-order valence-electron chi connectivity index (χ1n) is 4.27. The summed E-state index contributed by atoms with van der Waals surface area (Å²) in [5.41, 5.74) is 1.89. The molecule has 1 aromatic carbocycles. The van der Waals surface area contributed by atoms with E-state index in [2.05, 4.69) is 0 Å². The van der Waals surface area contributed by atoms with Crippen molar-refractivity contribution >= 4 is 27.7 Å². The number of rotatable bonds is 2. The van der Waals surface area contributed by atoms with Gasteiger partial charge in [0.15, 0.2) is 6.29 Å². The molecule has 2 rings (SSSR count). The largest absolute Gasteiger partial charge is 0.497 e. The van der Waals surface area contributed by atoms with Gasteiger partial charge in [-0.25, -0.2) is 0 Å². The Hall–Kier alpha value is -1.35. The Morgan fingerprint density at radius 2 is 2.21 bits per heavy atom. The van der Waals surface area contributed by atoms with Crippen LogP contribution in [-0.2, 0) is 0 Å². The second-order valence-corrected chi connectivity index (χ2v) is 4.01. The van der Waals surface area contributed by atoms with Gasteiger partial charge in [0, 0.05) is 21.0 Å². The summed E-state index contributed by atoms with van der Waals surface area (Å²) in [6.45, 7) is 2.02. The quantitative estimate of drug-likeness (QED) is 0.706. The standard InChI is InChI=1S/C11H10O2S/c1-7-3-9(13-2)4-10-8(5-12)6-14-11(7)10/h3-6H,1-2H3. The van der Waals surface area contributed by atoms with Crippen LogP contribution in [0, 0.1) is 6.92 Å². The molecule has 0 bridgehead atoms. The number of thiophene rings is 1. The number of methoxy groups -OCH3 is 1. The van der Waals surface area contributed by atoms with Crippen molar-refractivity contribution in [3.05, 3.63) is 28.6 Å². The lowest BCUT2D eigenvalue weighted by atomic mass is 10.1. The van der Waals surface area contributed by atoms with Crippen LogP contribution in [0.15, 0.2) is 17.5 Å². The van der Waals surface area contributed by atoms with Crippen LogP contribution in [-0.4, -0.2) is 13.4 Å². The molecule has 3 heteroatoms. The highest BCUT2D eigenvalue weighted by Crippen LogP contribution is 2.31. The first kappa shape index (κ1) is 9.21. The fraction of sp³-hybridized carbons (Fsp3) is 0.182. The van der Waals surface area contributed by atoms with Crippen molar-refractivity contribution in [1.29, 1.82) is 0 Å². The summed E-state index contributed by atoms with van der Waals surface area (Å²) >= 11 is 1.60. The van der Waals surface area contributed by atoms with E-state index in [9.17, 15) is 4.79 Å². The smallest absolute Gasteiger partial charge is 0.151 e. The van der Waals surface area contributed by atoms with Crippen LogP contribution in [0.25, 0.3) is 10.1 Å². The van der Waals surface area contributed by atoms with Crippen LogP contribution < -0.4 is 4.74 Å². The third kappa shape index (κ3) is 1.30. The van der Waals surface area contributed by atoms with E-state index in [0.29, 0.717) is 0 Å². The Morgan fingerprint density at radius 3 is 2.86 bits per heavy atom. The molecule has 0 fully saturated rings. The van der Waals surface area contributed by atoms with Crippen molar-refractivity contribution in [3.63, 3.8) is 0 Å². The Balaban J connectivity index is 2.79. The summed E-state index contributed by atoms with van der Waals surface area (Å²) in [4.78, 5) is 10.8. The molecule has 2 nitrogen and oxygen atoms in total. The molecule has 0 spiro atoms. The van der Waals surface area contributed by atoms with Gasteiger partial charge in [-0.2, -0.15) is 0 Å². The minimum atomic E-state index is 0.743. The maximum absolute atomic E-state index is 10.8. The summed E-state index contributed by atoms with van der Waals surface area (Å²) in [6, 6.07) is 3.88. The highest BCUT2D eigenvalue weighted by molar-refractivity contribution is 7.17. The van der Waals surface area contributed by atoms with Crippen molar-refractivity contribution in [3.8, 4) is 5.75 Å². The van der Waals surface area contributed by atoms with E-state index in [4.69, 9.17) is 4.74 Å². The van der Waals surface area contributed by atoms with Crippen molar-refractivity contribution in [2.24, 2.45) is 0 Å². The van der Waals surface area contributed by atoms with Gasteiger partial charge in [0.05, 0.1) is 7.11 Å². The molecule has 1 heterocycles. The van der Waals surface area contributed by atoms with E-state index < -0.39 is 0 Å². The molecule has 0 N–H and O–H groups in total. The Kier molecular flexibility index (Phi) is 2.25. The zero-order valence-electron chi connectivity index (χ0n) is 8.03. The number of benzene rings is 1. The lowest BCUT2D eigenvalue weighted by molar-refractivity contribution is 0.112. The minimum absolute atomic E-state index is 0.743. The fourth-order valence-corrected chi connectivity index (χ4v) is 2.48. The lowest BCUT2D eigenvalue weighted by Crippen LogP contribution is -1.84. The Bertz CT molecular complexity index is 485. The predicted octanol–water partition coefficient (Wildman–Crippen LogP) is 3.03. The number of ether oxygens (including phenoxy) is 1. The van der Waals surface area contributed by atoms with E-state index in [1.165, 1.54) is 0 Å². The maximum Gasteiger partial charge on any atom is 0.151 e. The Morgan fingerprint density at radius 1 is 1.43 bits per heavy atom. The van der Waals surface area contributed by atoms with Crippen molar-refractivity contribution in [2.45, 2.75) is 6.92 Å². The molecular formula is C11H10O2S. The number of hydrogen-bond acceptors (Lipinski definition) is 3. The van der Waals surface area contributed by atoms with Gasteiger partial charge in [0.25, 0.3) is 0 Å². The summed E-state index contributed by atoms with van der Waals surface area (Å²) < 4.78 is 6.32. The van der Waals surface area contributed by atoms with Gasteiger partial charge in [-0.3, -0.25) is 4.79 Å². The topological polar surface area (TPSA) is 26.3 Å². The van der Waals surface area contributed by atoms with Gasteiger partial charge in [0.1, 0.15) is 5.75 Å². The first-order chi connectivity index (χ1) is 6.76. The van der Waals surface area contributed by atoms with Gasteiger partial charge in [-0.1, -0.05) is 0 Å². The number of carbonyl (C=O) groups is 1. The van der Waals surface area contributed by atoms with Gasteiger partial charge >= 0.3 is 0 Å². The molecule has 0 aliphatic rings. The Labute approximate surface area is 86.1 Å². The number of fused-ring (bicyclic) bond motifs is 1. The van der Waals surface area contributed by atoms with E-state index >= 15 is 0 Å². The molecule has 0 saturated carbocycles. The average Bonchev–Trinajstić information content (AvgIpc) is 2.61. The molecule has 2 aromatic rings.